The Bertz CT molecular complexity index is 768. The van der Waals surface area contributed by atoms with Crippen LogP contribution in [-0.2, 0) is 32.7 Å². The van der Waals surface area contributed by atoms with E-state index in [1.807, 2.05) is 6.92 Å². The lowest BCUT2D eigenvalue weighted by molar-refractivity contribution is -0.155. The second-order valence-corrected chi connectivity index (χ2v) is 6.87. The van der Waals surface area contributed by atoms with Crippen LogP contribution in [0, 0.1) is 0 Å². The average Bonchev–Trinajstić information content (AvgIpc) is 3.05. The largest absolute Gasteiger partial charge is 0.464 e. The second kappa shape index (κ2) is 8.23. The van der Waals surface area contributed by atoms with Crippen LogP contribution in [0.15, 0.2) is 18.2 Å². The van der Waals surface area contributed by atoms with E-state index < -0.39 is 5.60 Å². The summed E-state index contributed by atoms with van der Waals surface area (Å²) in [5, 5.41) is 4.43. The molecule has 0 radical (unpaired) electrons. The lowest BCUT2D eigenvalue weighted by Crippen LogP contribution is -2.38. The number of ether oxygens (including phenoxy) is 2. The molecule has 26 heavy (non-hydrogen) atoms. The molecule has 0 aliphatic carbocycles. The molecular formula is C21H30N2O3. The number of benzene rings is 1. The maximum atomic E-state index is 12.4. The van der Waals surface area contributed by atoms with Gasteiger partial charge in [-0.25, -0.2) is 0 Å². The van der Waals surface area contributed by atoms with Crippen LogP contribution < -0.4 is 5.32 Å². The summed E-state index contributed by atoms with van der Waals surface area (Å²) in [5.74, 6) is -0.202. The summed E-state index contributed by atoms with van der Waals surface area (Å²) in [7, 11) is 0. The van der Waals surface area contributed by atoms with Gasteiger partial charge in [0, 0.05) is 17.4 Å². The van der Waals surface area contributed by atoms with Crippen LogP contribution in [0.3, 0.4) is 0 Å². The van der Waals surface area contributed by atoms with Crippen LogP contribution in [0.4, 0.5) is 0 Å². The number of aryl methyl sites for hydroxylation is 1. The molecule has 2 heterocycles. The van der Waals surface area contributed by atoms with E-state index in [1.54, 1.807) is 0 Å². The number of hydrogen-bond donors (Lipinski definition) is 2. The summed E-state index contributed by atoms with van der Waals surface area (Å²) in [6.45, 7) is 8.86. The van der Waals surface area contributed by atoms with Crippen molar-refractivity contribution in [3.8, 4) is 0 Å². The van der Waals surface area contributed by atoms with Crippen molar-refractivity contribution in [2.45, 2.75) is 52.1 Å². The molecule has 0 saturated carbocycles. The normalized spacial score (nSPS) is 19.5. The highest BCUT2D eigenvalue weighted by Gasteiger charge is 2.41. The number of aromatic nitrogens is 1. The van der Waals surface area contributed by atoms with Gasteiger partial charge < -0.3 is 19.8 Å². The SMILES string of the molecule is CCNCCOC(=O)CC1(CC)OCCc2c1[nH]c1c(CC)cccc21. The molecule has 1 aromatic carbocycles. The van der Waals surface area contributed by atoms with Crippen LogP contribution >= 0.6 is 0 Å². The van der Waals surface area contributed by atoms with E-state index in [0.29, 0.717) is 19.8 Å². The van der Waals surface area contributed by atoms with Crippen LogP contribution in [0.2, 0.25) is 0 Å². The van der Waals surface area contributed by atoms with Gasteiger partial charge in [-0.05, 0) is 36.9 Å². The third-order valence-electron chi connectivity index (χ3n) is 5.39. The fourth-order valence-electron chi connectivity index (χ4n) is 3.94. The molecule has 0 fully saturated rings. The van der Waals surface area contributed by atoms with Gasteiger partial charge in [-0.3, -0.25) is 4.79 Å². The summed E-state index contributed by atoms with van der Waals surface area (Å²) < 4.78 is 11.6. The molecule has 1 aliphatic rings. The second-order valence-electron chi connectivity index (χ2n) is 6.87. The third kappa shape index (κ3) is 3.51. The Morgan fingerprint density at radius 3 is 2.92 bits per heavy atom. The Morgan fingerprint density at radius 2 is 2.19 bits per heavy atom. The Balaban J connectivity index is 1.89. The van der Waals surface area contributed by atoms with Crippen LogP contribution in [-0.4, -0.2) is 37.3 Å². The molecule has 142 valence electrons. The molecule has 1 unspecified atom stereocenters. The zero-order valence-electron chi connectivity index (χ0n) is 16.1. The summed E-state index contributed by atoms with van der Waals surface area (Å²) in [6.07, 6.45) is 2.83. The molecule has 2 aromatic rings. The number of carbonyl (C=O) groups is 1. The number of para-hydroxylation sites is 1. The van der Waals surface area contributed by atoms with Crippen molar-refractivity contribution in [1.82, 2.24) is 10.3 Å². The van der Waals surface area contributed by atoms with Gasteiger partial charge in [0.1, 0.15) is 12.2 Å². The van der Waals surface area contributed by atoms with E-state index in [9.17, 15) is 4.79 Å². The average molecular weight is 358 g/mol. The first-order valence-corrected chi connectivity index (χ1v) is 9.78. The van der Waals surface area contributed by atoms with E-state index >= 15 is 0 Å². The maximum absolute atomic E-state index is 12.4. The van der Waals surface area contributed by atoms with Gasteiger partial charge in [0.15, 0.2) is 0 Å². The smallest absolute Gasteiger partial charge is 0.309 e. The van der Waals surface area contributed by atoms with Crippen molar-refractivity contribution in [1.29, 1.82) is 0 Å². The summed E-state index contributed by atoms with van der Waals surface area (Å²) in [4.78, 5) is 16.1. The molecule has 1 atom stereocenters. The van der Waals surface area contributed by atoms with Gasteiger partial charge >= 0.3 is 5.97 Å². The monoisotopic (exact) mass is 358 g/mol. The van der Waals surface area contributed by atoms with Crippen molar-refractivity contribution >= 4 is 16.9 Å². The van der Waals surface area contributed by atoms with E-state index in [1.165, 1.54) is 22.0 Å². The number of esters is 1. The standard InChI is InChI=1S/C21H30N2O3/c1-4-15-8-7-9-16-17-10-12-26-21(5-2,20(17)23-19(15)16)14-18(24)25-13-11-22-6-3/h7-9,22-23H,4-6,10-14H2,1-3H3. The molecule has 5 nitrogen and oxygen atoms in total. The first kappa shape index (κ1) is 18.9. The van der Waals surface area contributed by atoms with Crippen molar-refractivity contribution in [2.75, 3.05) is 26.3 Å². The third-order valence-corrected chi connectivity index (χ3v) is 5.39. The molecule has 1 aromatic heterocycles. The maximum Gasteiger partial charge on any atom is 0.309 e. The number of fused-ring (bicyclic) bond motifs is 3. The van der Waals surface area contributed by atoms with Crippen LogP contribution in [0.5, 0.6) is 0 Å². The fraction of sp³-hybridized carbons (Fsp3) is 0.571. The molecule has 0 amide bonds. The number of nitrogens with one attached hydrogen (secondary N) is 2. The zero-order valence-corrected chi connectivity index (χ0v) is 16.1. The van der Waals surface area contributed by atoms with Gasteiger partial charge in [-0.15, -0.1) is 0 Å². The zero-order chi connectivity index (χ0) is 18.6. The van der Waals surface area contributed by atoms with E-state index in [0.717, 1.165) is 31.5 Å². The summed E-state index contributed by atoms with van der Waals surface area (Å²) in [5.41, 5.74) is 4.22. The Morgan fingerprint density at radius 1 is 1.35 bits per heavy atom. The Labute approximate surface area is 155 Å². The quantitative estimate of drug-likeness (QED) is 0.560. The van der Waals surface area contributed by atoms with Gasteiger partial charge in [0.05, 0.1) is 18.7 Å². The van der Waals surface area contributed by atoms with Gasteiger partial charge in [0.2, 0.25) is 0 Å². The van der Waals surface area contributed by atoms with Gasteiger partial charge in [-0.1, -0.05) is 39.0 Å². The van der Waals surface area contributed by atoms with Crippen molar-refractivity contribution in [3.05, 3.63) is 35.0 Å². The van der Waals surface area contributed by atoms with Crippen molar-refractivity contribution in [2.24, 2.45) is 0 Å². The predicted octanol–water partition coefficient (Wildman–Crippen LogP) is 3.45. The molecule has 2 N–H and O–H groups in total. The fourth-order valence-corrected chi connectivity index (χ4v) is 3.94. The number of likely N-dealkylation sites (N-methyl/N-ethyl adjacent to an activating group) is 1. The van der Waals surface area contributed by atoms with Crippen molar-refractivity contribution < 1.29 is 14.3 Å². The highest BCUT2D eigenvalue weighted by atomic mass is 16.5. The topological polar surface area (TPSA) is 63.4 Å². The summed E-state index contributed by atoms with van der Waals surface area (Å²) in [6, 6.07) is 6.45. The highest BCUT2D eigenvalue weighted by molar-refractivity contribution is 5.88. The predicted molar refractivity (Wildman–Crippen MR) is 103 cm³/mol. The number of aromatic amines is 1. The molecule has 0 spiro atoms. The Kier molecular flexibility index (Phi) is 5.99. The Hall–Kier alpha value is -1.85. The van der Waals surface area contributed by atoms with Crippen molar-refractivity contribution in [3.63, 3.8) is 0 Å². The first-order chi connectivity index (χ1) is 12.6. The highest BCUT2D eigenvalue weighted by Crippen LogP contribution is 2.42. The van der Waals surface area contributed by atoms with Crippen LogP contribution in [0.25, 0.3) is 10.9 Å². The van der Waals surface area contributed by atoms with Gasteiger partial charge in [0.25, 0.3) is 0 Å². The van der Waals surface area contributed by atoms with Crippen LogP contribution in [0.1, 0.15) is 50.4 Å². The minimum Gasteiger partial charge on any atom is -0.464 e. The molecule has 5 heteroatoms. The first-order valence-electron chi connectivity index (χ1n) is 9.78. The minimum absolute atomic E-state index is 0.202. The lowest BCUT2D eigenvalue weighted by atomic mass is 9.86. The molecular weight excluding hydrogens is 328 g/mol. The molecule has 0 bridgehead atoms. The minimum atomic E-state index is -0.618. The number of H-pyrrole nitrogens is 1. The molecule has 3 rings (SSSR count). The molecule has 1 aliphatic heterocycles. The van der Waals surface area contributed by atoms with E-state index in [2.05, 4.69) is 42.3 Å². The van der Waals surface area contributed by atoms with E-state index in [-0.39, 0.29) is 12.4 Å². The van der Waals surface area contributed by atoms with Gasteiger partial charge in [-0.2, -0.15) is 0 Å². The number of carbonyl (C=O) groups excluding carboxylic acids is 1. The molecule has 0 saturated heterocycles. The summed E-state index contributed by atoms with van der Waals surface area (Å²) >= 11 is 0. The lowest BCUT2D eigenvalue weighted by Gasteiger charge is -2.36. The van der Waals surface area contributed by atoms with E-state index in [4.69, 9.17) is 9.47 Å². The number of hydrogen-bond acceptors (Lipinski definition) is 4. The number of rotatable bonds is 8.